The second-order valence-electron chi connectivity index (χ2n) is 11.3. The molecule has 1 atom stereocenters. The van der Waals surface area contributed by atoms with Gasteiger partial charge in [-0.05, 0) is 112 Å². The van der Waals surface area contributed by atoms with Gasteiger partial charge in [0.25, 0.3) is 11.8 Å². The second-order valence-corrected chi connectivity index (χ2v) is 11.3. The van der Waals surface area contributed by atoms with Crippen LogP contribution in [0.4, 0.5) is 0 Å². The van der Waals surface area contributed by atoms with Gasteiger partial charge in [0.2, 0.25) is 0 Å². The molecule has 1 saturated heterocycles. The van der Waals surface area contributed by atoms with Crippen LogP contribution in [0.5, 0.6) is 5.75 Å². The van der Waals surface area contributed by atoms with Crippen LogP contribution in [0.3, 0.4) is 0 Å². The van der Waals surface area contributed by atoms with Crippen molar-refractivity contribution in [3.63, 3.8) is 0 Å². The van der Waals surface area contributed by atoms with E-state index in [0.29, 0.717) is 25.2 Å². The second kappa shape index (κ2) is 11.8. The summed E-state index contributed by atoms with van der Waals surface area (Å²) in [5.41, 5.74) is 6.24. The van der Waals surface area contributed by atoms with Gasteiger partial charge in [0.15, 0.2) is 0 Å². The largest absolute Gasteiger partial charge is 0.508 e. The van der Waals surface area contributed by atoms with Gasteiger partial charge in [0.05, 0.1) is 0 Å². The Morgan fingerprint density at radius 3 is 2.38 bits per heavy atom. The summed E-state index contributed by atoms with van der Waals surface area (Å²) in [6.45, 7) is 11.1. The predicted octanol–water partition coefficient (Wildman–Crippen LogP) is 5.48. The molecule has 0 radical (unpaired) electrons. The molecule has 1 fully saturated rings. The highest BCUT2D eigenvalue weighted by Crippen LogP contribution is 2.41. The summed E-state index contributed by atoms with van der Waals surface area (Å²) in [6, 6.07) is 21.6. The number of hydrogen-bond donors (Lipinski definition) is 2. The Morgan fingerprint density at radius 1 is 1.00 bits per heavy atom. The van der Waals surface area contributed by atoms with E-state index in [1.165, 1.54) is 11.1 Å². The first-order valence-electron chi connectivity index (χ1n) is 14.6. The molecule has 1 unspecified atom stereocenters. The number of rotatable bonds is 8. The highest BCUT2D eigenvalue weighted by molar-refractivity contribution is 5.98. The Kier molecular flexibility index (Phi) is 8.27. The molecule has 2 N–H and O–H groups in total. The van der Waals surface area contributed by atoms with Gasteiger partial charge >= 0.3 is 0 Å². The number of phenols is 1. The van der Waals surface area contributed by atoms with Gasteiger partial charge in [-0.25, -0.2) is 0 Å². The number of aryl methyl sites for hydroxylation is 1. The zero-order valence-electron chi connectivity index (χ0n) is 24.0. The molecule has 3 aromatic carbocycles. The van der Waals surface area contributed by atoms with Crippen molar-refractivity contribution < 1.29 is 14.7 Å². The number of aromatic hydroxyl groups is 1. The van der Waals surface area contributed by atoms with E-state index in [-0.39, 0.29) is 28.9 Å². The van der Waals surface area contributed by atoms with Crippen LogP contribution in [0.1, 0.15) is 82.0 Å². The Hall–Kier alpha value is -3.64. The number of fused-ring (bicyclic) bond motifs is 2. The molecule has 2 aliphatic heterocycles. The maximum atomic E-state index is 12.8. The molecule has 2 heterocycles. The fourth-order valence-corrected chi connectivity index (χ4v) is 6.76. The zero-order valence-corrected chi connectivity index (χ0v) is 24.0. The number of nitrogens with zero attached hydrogens (tertiary/aromatic N) is 2. The first kappa shape index (κ1) is 27.9. The van der Waals surface area contributed by atoms with E-state index in [1.807, 2.05) is 55.1 Å². The van der Waals surface area contributed by atoms with Crippen molar-refractivity contribution in [3.8, 4) is 5.75 Å². The third kappa shape index (κ3) is 5.50. The average Bonchev–Trinajstić information content (AvgIpc) is 2.97. The molecule has 40 heavy (non-hydrogen) atoms. The molecule has 6 heteroatoms. The van der Waals surface area contributed by atoms with Crippen molar-refractivity contribution in [3.05, 3.63) is 100 Å². The number of benzene rings is 3. The van der Waals surface area contributed by atoms with Crippen LogP contribution < -0.4 is 5.32 Å². The van der Waals surface area contributed by atoms with Gasteiger partial charge in [0.1, 0.15) is 5.75 Å². The van der Waals surface area contributed by atoms with Crippen molar-refractivity contribution in [1.82, 2.24) is 15.1 Å². The number of hydrogen-bond acceptors (Lipinski definition) is 4. The van der Waals surface area contributed by atoms with E-state index < -0.39 is 0 Å². The lowest BCUT2D eigenvalue weighted by Gasteiger charge is -2.46. The average molecular weight is 540 g/mol. The maximum Gasteiger partial charge on any atom is 0.253 e. The Morgan fingerprint density at radius 2 is 1.70 bits per heavy atom. The SMILES string of the molecule is CCN(CC)C(=O)c1ccc(C(CCN2CCC3(CC2)CNC(=O)c2cccc(C)c23)c2cccc(O)c2)cc1. The topological polar surface area (TPSA) is 72.9 Å². The first-order valence-corrected chi connectivity index (χ1v) is 14.6. The van der Waals surface area contributed by atoms with Crippen LogP contribution in [-0.4, -0.2) is 66.0 Å². The van der Waals surface area contributed by atoms with E-state index in [9.17, 15) is 14.7 Å². The molecule has 2 amide bonds. The number of nitrogens with one attached hydrogen (secondary N) is 1. The van der Waals surface area contributed by atoms with Gasteiger partial charge in [0, 0.05) is 42.1 Å². The first-order chi connectivity index (χ1) is 19.3. The normalized spacial score (nSPS) is 17.2. The van der Waals surface area contributed by atoms with Crippen LogP contribution >= 0.6 is 0 Å². The number of carbonyl (C=O) groups is 2. The lowest BCUT2D eigenvalue weighted by molar-refractivity contribution is 0.0772. The smallest absolute Gasteiger partial charge is 0.253 e. The number of likely N-dealkylation sites (tertiary alicyclic amines) is 1. The van der Waals surface area contributed by atoms with E-state index >= 15 is 0 Å². The van der Waals surface area contributed by atoms with Gasteiger partial charge < -0.3 is 20.2 Å². The number of piperidine rings is 1. The molecule has 0 aromatic heterocycles. The Labute approximate surface area is 238 Å². The number of amides is 2. The monoisotopic (exact) mass is 539 g/mol. The van der Waals surface area contributed by atoms with Gasteiger partial charge in [-0.15, -0.1) is 0 Å². The minimum atomic E-state index is 0.00291. The van der Waals surface area contributed by atoms with Gasteiger partial charge in [-0.2, -0.15) is 0 Å². The zero-order chi connectivity index (χ0) is 28.3. The summed E-state index contributed by atoms with van der Waals surface area (Å²) in [5, 5.41) is 13.4. The number of carbonyl (C=O) groups excluding carboxylic acids is 2. The minimum absolute atomic E-state index is 0.00291. The molecule has 0 saturated carbocycles. The fourth-order valence-electron chi connectivity index (χ4n) is 6.76. The van der Waals surface area contributed by atoms with Crippen molar-refractivity contribution in [2.75, 3.05) is 39.3 Å². The predicted molar refractivity (Wildman–Crippen MR) is 159 cm³/mol. The summed E-state index contributed by atoms with van der Waals surface area (Å²) in [4.78, 5) is 29.8. The third-order valence-corrected chi connectivity index (χ3v) is 9.07. The Balaban J connectivity index is 1.31. The molecule has 3 aromatic rings. The highest BCUT2D eigenvalue weighted by Gasteiger charge is 2.42. The maximum absolute atomic E-state index is 12.8. The number of phenolic OH excluding ortho intramolecular Hbond substituents is 1. The van der Waals surface area contributed by atoms with Crippen molar-refractivity contribution in [2.45, 2.75) is 51.4 Å². The van der Waals surface area contributed by atoms with E-state index in [1.54, 1.807) is 6.07 Å². The highest BCUT2D eigenvalue weighted by atomic mass is 16.3. The molecule has 0 aliphatic carbocycles. The summed E-state index contributed by atoms with van der Waals surface area (Å²) < 4.78 is 0. The Bertz CT molecular complexity index is 1360. The lowest BCUT2D eigenvalue weighted by atomic mass is 9.67. The van der Waals surface area contributed by atoms with E-state index in [4.69, 9.17) is 0 Å². The summed E-state index contributed by atoms with van der Waals surface area (Å²) >= 11 is 0. The van der Waals surface area contributed by atoms with Crippen LogP contribution in [-0.2, 0) is 5.41 Å². The third-order valence-electron chi connectivity index (χ3n) is 9.07. The molecule has 6 nitrogen and oxygen atoms in total. The summed E-state index contributed by atoms with van der Waals surface area (Å²) in [6.07, 6.45) is 2.94. The molecule has 5 rings (SSSR count). The molecule has 2 aliphatic rings. The van der Waals surface area contributed by atoms with Crippen LogP contribution in [0, 0.1) is 6.92 Å². The van der Waals surface area contributed by atoms with Gasteiger partial charge in [-0.1, -0.05) is 36.4 Å². The standard InChI is InChI=1S/C34H41N3O3/c1-4-37(5-2)33(40)26-14-12-25(13-15-26)29(27-9-7-10-28(38)22-27)16-19-36-20-17-34(18-21-36)23-35-32(39)30-11-6-8-24(3)31(30)34/h6-15,22,29,38H,4-5,16-21,23H2,1-3H3,(H,35,39). The quantitative estimate of drug-likeness (QED) is 0.398. The minimum Gasteiger partial charge on any atom is -0.508 e. The molecule has 1 spiro atoms. The van der Waals surface area contributed by atoms with Crippen LogP contribution in [0.25, 0.3) is 0 Å². The van der Waals surface area contributed by atoms with Crippen LogP contribution in [0.15, 0.2) is 66.7 Å². The molecular formula is C34H41N3O3. The summed E-state index contributed by atoms with van der Waals surface area (Å²) in [5.74, 6) is 0.482. The van der Waals surface area contributed by atoms with E-state index in [0.717, 1.165) is 55.6 Å². The lowest BCUT2D eigenvalue weighted by Crippen LogP contribution is -2.53. The van der Waals surface area contributed by atoms with Crippen molar-refractivity contribution in [1.29, 1.82) is 0 Å². The van der Waals surface area contributed by atoms with E-state index in [2.05, 4.69) is 41.4 Å². The van der Waals surface area contributed by atoms with Gasteiger partial charge in [-0.3, -0.25) is 9.59 Å². The van der Waals surface area contributed by atoms with Crippen molar-refractivity contribution in [2.24, 2.45) is 0 Å². The summed E-state index contributed by atoms with van der Waals surface area (Å²) in [7, 11) is 0. The van der Waals surface area contributed by atoms with Crippen molar-refractivity contribution >= 4 is 11.8 Å². The fraction of sp³-hybridized carbons (Fsp3) is 0.412. The van der Waals surface area contributed by atoms with Crippen LogP contribution in [0.2, 0.25) is 0 Å². The molecule has 0 bridgehead atoms. The molecular weight excluding hydrogens is 498 g/mol. The molecule has 210 valence electrons.